The third-order valence-electron chi connectivity index (χ3n) is 3.88. The molecule has 158 valence electrons. The van der Waals surface area contributed by atoms with Gasteiger partial charge in [-0.25, -0.2) is 13.6 Å². The molecule has 2 aromatic heterocycles. The highest BCUT2D eigenvalue weighted by Crippen LogP contribution is 2.17. The van der Waals surface area contributed by atoms with Gasteiger partial charge in [0.1, 0.15) is 0 Å². The summed E-state index contributed by atoms with van der Waals surface area (Å²) in [5, 5.41) is 18.9. The highest BCUT2D eigenvalue weighted by atomic mass is 32.2. The predicted octanol–water partition coefficient (Wildman–Crippen LogP) is 0.716. The summed E-state index contributed by atoms with van der Waals surface area (Å²) in [6, 6.07) is 8.68. The van der Waals surface area contributed by atoms with Crippen LogP contribution in [-0.4, -0.2) is 40.7 Å². The summed E-state index contributed by atoms with van der Waals surface area (Å²) in [4.78, 5) is 24.0. The van der Waals surface area contributed by atoms with E-state index in [1.54, 1.807) is 23.7 Å². The number of amides is 2. The van der Waals surface area contributed by atoms with Gasteiger partial charge in [-0.15, -0.1) is 10.2 Å². The van der Waals surface area contributed by atoms with Crippen molar-refractivity contribution < 1.29 is 22.4 Å². The lowest BCUT2D eigenvalue weighted by molar-refractivity contribution is -0.113. The number of anilines is 1. The van der Waals surface area contributed by atoms with Crippen LogP contribution in [-0.2, 0) is 28.4 Å². The Labute approximate surface area is 176 Å². The van der Waals surface area contributed by atoms with Crippen molar-refractivity contribution in [3.63, 3.8) is 0 Å². The molecule has 0 bridgehead atoms. The van der Waals surface area contributed by atoms with E-state index in [4.69, 9.17) is 9.56 Å². The first kappa shape index (κ1) is 21.5. The molecule has 0 fully saturated rings. The Kier molecular flexibility index (Phi) is 6.54. The SMILES string of the molecule is Cn1c(CNC(=O)c2ccco2)nnc1SCC(=O)Nc1ccc(S(N)(=O)=O)cc1. The molecule has 4 N–H and O–H groups in total. The molecule has 11 nitrogen and oxygen atoms in total. The van der Waals surface area contributed by atoms with Crippen molar-refractivity contribution in [3.05, 3.63) is 54.2 Å². The second kappa shape index (κ2) is 9.11. The van der Waals surface area contributed by atoms with E-state index in [0.29, 0.717) is 16.7 Å². The number of carbonyl (C=O) groups excluding carboxylic acids is 2. The topological polar surface area (TPSA) is 162 Å². The minimum Gasteiger partial charge on any atom is -0.459 e. The number of furan rings is 1. The zero-order valence-corrected chi connectivity index (χ0v) is 17.4. The molecule has 0 saturated heterocycles. The number of aromatic nitrogens is 3. The maximum Gasteiger partial charge on any atom is 0.287 e. The minimum atomic E-state index is -3.79. The Morgan fingerprint density at radius 1 is 1.20 bits per heavy atom. The molecule has 0 atom stereocenters. The van der Waals surface area contributed by atoms with Crippen LogP contribution in [0.5, 0.6) is 0 Å². The largest absolute Gasteiger partial charge is 0.459 e. The van der Waals surface area contributed by atoms with E-state index in [1.165, 1.54) is 30.5 Å². The van der Waals surface area contributed by atoms with Crippen LogP contribution in [0.25, 0.3) is 0 Å². The van der Waals surface area contributed by atoms with Crippen LogP contribution in [0.2, 0.25) is 0 Å². The second-order valence-electron chi connectivity index (χ2n) is 6.02. The van der Waals surface area contributed by atoms with E-state index >= 15 is 0 Å². The Morgan fingerprint density at radius 2 is 1.93 bits per heavy atom. The summed E-state index contributed by atoms with van der Waals surface area (Å²) >= 11 is 1.16. The number of hydrogen-bond donors (Lipinski definition) is 3. The van der Waals surface area contributed by atoms with Crippen LogP contribution in [0.4, 0.5) is 5.69 Å². The lowest BCUT2D eigenvalue weighted by Crippen LogP contribution is -2.24. The van der Waals surface area contributed by atoms with Crippen LogP contribution in [0.1, 0.15) is 16.4 Å². The van der Waals surface area contributed by atoms with Crippen molar-refractivity contribution in [2.45, 2.75) is 16.6 Å². The molecular weight excluding hydrogens is 432 g/mol. The van der Waals surface area contributed by atoms with Gasteiger partial charge in [0, 0.05) is 12.7 Å². The van der Waals surface area contributed by atoms with E-state index in [1.807, 2.05) is 0 Å². The van der Waals surface area contributed by atoms with Crippen LogP contribution < -0.4 is 15.8 Å². The van der Waals surface area contributed by atoms with Gasteiger partial charge in [-0.3, -0.25) is 9.59 Å². The quantitative estimate of drug-likeness (QED) is 0.423. The Hall–Kier alpha value is -3.16. The lowest BCUT2D eigenvalue weighted by atomic mass is 10.3. The van der Waals surface area contributed by atoms with Crippen molar-refractivity contribution in [2.75, 3.05) is 11.1 Å². The average Bonchev–Trinajstić information content (AvgIpc) is 3.35. The highest BCUT2D eigenvalue weighted by molar-refractivity contribution is 7.99. The van der Waals surface area contributed by atoms with E-state index < -0.39 is 10.0 Å². The van der Waals surface area contributed by atoms with Gasteiger partial charge in [0.05, 0.1) is 23.5 Å². The smallest absolute Gasteiger partial charge is 0.287 e. The fourth-order valence-corrected chi connectivity index (χ4v) is 3.58. The zero-order chi connectivity index (χ0) is 21.7. The summed E-state index contributed by atoms with van der Waals surface area (Å²) in [5.41, 5.74) is 0.437. The Balaban J connectivity index is 1.51. The summed E-state index contributed by atoms with van der Waals surface area (Å²) in [5.74, 6) is 0.0859. The number of benzene rings is 1. The molecule has 0 unspecified atom stereocenters. The molecule has 0 radical (unpaired) electrons. The standard InChI is InChI=1S/C17H18N6O5S2/c1-23-14(9-19-16(25)13-3-2-8-28-13)21-22-17(23)29-10-15(24)20-11-4-6-12(7-5-11)30(18,26)27/h2-8H,9-10H2,1H3,(H,19,25)(H,20,24)(H2,18,26,27). The van der Waals surface area contributed by atoms with Gasteiger partial charge < -0.3 is 19.6 Å². The van der Waals surface area contributed by atoms with Crippen LogP contribution in [0, 0.1) is 0 Å². The second-order valence-corrected chi connectivity index (χ2v) is 8.53. The van der Waals surface area contributed by atoms with Gasteiger partial charge in [0.2, 0.25) is 15.9 Å². The third kappa shape index (κ3) is 5.46. The first-order valence-electron chi connectivity index (χ1n) is 8.49. The number of primary sulfonamides is 1. The maximum absolute atomic E-state index is 12.1. The zero-order valence-electron chi connectivity index (χ0n) is 15.7. The molecule has 0 aliphatic rings. The van der Waals surface area contributed by atoms with E-state index in [0.717, 1.165) is 11.8 Å². The van der Waals surface area contributed by atoms with Gasteiger partial charge in [-0.05, 0) is 36.4 Å². The van der Waals surface area contributed by atoms with E-state index in [2.05, 4.69) is 20.8 Å². The van der Waals surface area contributed by atoms with Crippen molar-refractivity contribution in [2.24, 2.45) is 12.2 Å². The molecule has 0 aliphatic heterocycles. The molecule has 0 saturated carbocycles. The van der Waals surface area contributed by atoms with E-state index in [-0.39, 0.29) is 34.8 Å². The molecule has 3 aromatic rings. The van der Waals surface area contributed by atoms with Crippen LogP contribution >= 0.6 is 11.8 Å². The van der Waals surface area contributed by atoms with Gasteiger partial charge in [0.15, 0.2) is 16.7 Å². The van der Waals surface area contributed by atoms with Crippen molar-refractivity contribution in [1.29, 1.82) is 0 Å². The number of nitrogens with zero attached hydrogens (tertiary/aromatic N) is 3. The molecule has 2 heterocycles. The Morgan fingerprint density at radius 3 is 2.57 bits per heavy atom. The van der Waals surface area contributed by atoms with E-state index in [9.17, 15) is 18.0 Å². The van der Waals surface area contributed by atoms with Gasteiger partial charge in [-0.1, -0.05) is 11.8 Å². The summed E-state index contributed by atoms with van der Waals surface area (Å²) in [6.07, 6.45) is 1.41. The number of sulfonamides is 1. The lowest BCUT2D eigenvalue weighted by Gasteiger charge is -2.07. The van der Waals surface area contributed by atoms with Gasteiger partial charge >= 0.3 is 0 Å². The number of nitrogens with one attached hydrogen (secondary N) is 2. The number of carbonyl (C=O) groups is 2. The first-order chi connectivity index (χ1) is 14.2. The summed E-state index contributed by atoms with van der Waals surface area (Å²) in [6.45, 7) is 0.145. The number of nitrogens with two attached hydrogens (primary N) is 1. The molecule has 1 aromatic carbocycles. The van der Waals surface area contributed by atoms with Crippen LogP contribution in [0.3, 0.4) is 0 Å². The third-order valence-corrected chi connectivity index (χ3v) is 5.83. The maximum atomic E-state index is 12.1. The molecule has 3 rings (SSSR count). The summed E-state index contributed by atoms with van der Waals surface area (Å²) in [7, 11) is -2.06. The highest BCUT2D eigenvalue weighted by Gasteiger charge is 2.14. The predicted molar refractivity (Wildman–Crippen MR) is 108 cm³/mol. The molecule has 13 heteroatoms. The van der Waals surface area contributed by atoms with Gasteiger partial charge in [-0.2, -0.15) is 0 Å². The molecule has 0 aliphatic carbocycles. The van der Waals surface area contributed by atoms with Crippen molar-refractivity contribution in [1.82, 2.24) is 20.1 Å². The number of thioether (sulfide) groups is 1. The van der Waals surface area contributed by atoms with Crippen molar-refractivity contribution >= 4 is 39.3 Å². The molecular formula is C17H18N6O5S2. The molecule has 2 amide bonds. The summed E-state index contributed by atoms with van der Waals surface area (Å²) < 4.78 is 29.2. The molecule has 0 spiro atoms. The minimum absolute atomic E-state index is 0.0411. The first-order valence-corrected chi connectivity index (χ1v) is 11.0. The fourth-order valence-electron chi connectivity index (χ4n) is 2.33. The van der Waals surface area contributed by atoms with Crippen molar-refractivity contribution in [3.8, 4) is 0 Å². The average molecular weight is 451 g/mol. The van der Waals surface area contributed by atoms with Gasteiger partial charge in [0.25, 0.3) is 5.91 Å². The number of hydrogen-bond acceptors (Lipinski definition) is 8. The Bertz CT molecular complexity index is 1140. The fraction of sp³-hybridized carbons (Fsp3) is 0.176. The normalized spacial score (nSPS) is 11.3. The monoisotopic (exact) mass is 450 g/mol. The van der Waals surface area contributed by atoms with Crippen LogP contribution in [0.15, 0.2) is 57.1 Å². The molecule has 30 heavy (non-hydrogen) atoms. The number of rotatable bonds is 8.